The van der Waals surface area contributed by atoms with E-state index < -0.39 is 18.5 Å². The van der Waals surface area contributed by atoms with E-state index in [0.29, 0.717) is 16.8 Å². The van der Waals surface area contributed by atoms with Crippen molar-refractivity contribution in [3.8, 4) is 6.07 Å². The second-order valence-corrected chi connectivity index (χ2v) is 4.70. The Balaban J connectivity index is 1.90. The molecule has 0 unspecified atom stereocenters. The van der Waals surface area contributed by atoms with Crippen LogP contribution in [0.2, 0.25) is 5.02 Å². The summed E-state index contributed by atoms with van der Waals surface area (Å²) < 4.78 is 4.90. The number of nitriles is 1. The van der Waals surface area contributed by atoms with Gasteiger partial charge in [0.15, 0.2) is 6.61 Å². The van der Waals surface area contributed by atoms with Crippen LogP contribution in [-0.2, 0) is 9.53 Å². The lowest BCUT2D eigenvalue weighted by molar-refractivity contribution is -0.119. The number of halogens is 1. The zero-order chi connectivity index (χ0) is 15.9. The Morgan fingerprint density at radius 1 is 1.18 bits per heavy atom. The molecule has 1 N–H and O–H groups in total. The Hall–Kier alpha value is -2.84. The zero-order valence-electron chi connectivity index (χ0n) is 11.4. The van der Waals surface area contributed by atoms with Crippen molar-refractivity contribution in [2.75, 3.05) is 11.9 Å². The van der Waals surface area contributed by atoms with Crippen molar-refractivity contribution in [1.82, 2.24) is 0 Å². The predicted octanol–water partition coefficient (Wildman–Crippen LogP) is 3.01. The molecular formula is C16H11ClN2O3. The SMILES string of the molecule is N#Cc1ccc(NC(=O)COC(=O)c2ccccc2)cc1Cl. The van der Waals surface area contributed by atoms with Crippen molar-refractivity contribution in [2.45, 2.75) is 0 Å². The summed E-state index contributed by atoms with van der Waals surface area (Å²) >= 11 is 5.86. The number of benzene rings is 2. The van der Waals surface area contributed by atoms with Gasteiger partial charge in [0.2, 0.25) is 0 Å². The first-order valence-corrected chi connectivity index (χ1v) is 6.69. The zero-order valence-corrected chi connectivity index (χ0v) is 12.1. The van der Waals surface area contributed by atoms with Gasteiger partial charge in [-0.3, -0.25) is 4.79 Å². The van der Waals surface area contributed by atoms with Gasteiger partial charge in [-0.2, -0.15) is 5.26 Å². The number of carbonyl (C=O) groups is 2. The van der Waals surface area contributed by atoms with Crippen LogP contribution in [-0.4, -0.2) is 18.5 Å². The molecule has 0 spiro atoms. The minimum Gasteiger partial charge on any atom is -0.452 e. The van der Waals surface area contributed by atoms with E-state index >= 15 is 0 Å². The predicted molar refractivity (Wildman–Crippen MR) is 81.5 cm³/mol. The molecule has 110 valence electrons. The number of hydrogen-bond donors (Lipinski definition) is 1. The van der Waals surface area contributed by atoms with Gasteiger partial charge < -0.3 is 10.1 Å². The molecule has 0 aliphatic rings. The molecule has 2 aromatic rings. The van der Waals surface area contributed by atoms with Crippen LogP contribution in [0.1, 0.15) is 15.9 Å². The van der Waals surface area contributed by atoms with Crippen molar-refractivity contribution in [3.63, 3.8) is 0 Å². The van der Waals surface area contributed by atoms with E-state index in [0.717, 1.165) is 0 Å². The highest BCUT2D eigenvalue weighted by molar-refractivity contribution is 6.32. The van der Waals surface area contributed by atoms with Crippen LogP contribution in [0, 0.1) is 11.3 Å². The summed E-state index contributed by atoms with van der Waals surface area (Å²) in [6.07, 6.45) is 0. The van der Waals surface area contributed by atoms with Crippen molar-refractivity contribution in [1.29, 1.82) is 5.26 Å². The molecule has 0 fully saturated rings. The van der Waals surface area contributed by atoms with Crippen LogP contribution >= 0.6 is 11.6 Å². The molecule has 22 heavy (non-hydrogen) atoms. The number of nitrogens with zero attached hydrogens (tertiary/aromatic N) is 1. The van der Waals surface area contributed by atoms with E-state index in [2.05, 4.69) is 5.32 Å². The highest BCUT2D eigenvalue weighted by Crippen LogP contribution is 2.20. The third-order valence-electron chi connectivity index (χ3n) is 2.72. The number of esters is 1. The summed E-state index contributed by atoms with van der Waals surface area (Å²) in [6, 6.07) is 14.8. The largest absolute Gasteiger partial charge is 0.452 e. The summed E-state index contributed by atoms with van der Waals surface area (Å²) in [6.45, 7) is -0.411. The first kappa shape index (κ1) is 15.5. The van der Waals surface area contributed by atoms with Gasteiger partial charge in [-0.05, 0) is 30.3 Å². The first-order valence-electron chi connectivity index (χ1n) is 6.32. The number of rotatable bonds is 4. The van der Waals surface area contributed by atoms with Crippen LogP contribution in [0.15, 0.2) is 48.5 Å². The van der Waals surface area contributed by atoms with E-state index in [4.69, 9.17) is 21.6 Å². The van der Waals surface area contributed by atoms with Gasteiger partial charge >= 0.3 is 5.97 Å². The van der Waals surface area contributed by atoms with Gasteiger partial charge in [-0.15, -0.1) is 0 Å². The van der Waals surface area contributed by atoms with Crippen molar-refractivity contribution in [3.05, 3.63) is 64.7 Å². The molecule has 5 nitrogen and oxygen atoms in total. The van der Waals surface area contributed by atoms with Crippen LogP contribution in [0.4, 0.5) is 5.69 Å². The summed E-state index contributed by atoms with van der Waals surface area (Å²) in [4.78, 5) is 23.4. The fourth-order valence-electron chi connectivity index (χ4n) is 1.67. The lowest BCUT2D eigenvalue weighted by Gasteiger charge is -2.07. The third kappa shape index (κ3) is 4.08. The van der Waals surface area contributed by atoms with E-state index in [-0.39, 0.29) is 5.02 Å². The number of hydrogen-bond acceptors (Lipinski definition) is 4. The third-order valence-corrected chi connectivity index (χ3v) is 3.03. The van der Waals surface area contributed by atoms with Gasteiger partial charge in [-0.1, -0.05) is 29.8 Å². The second kappa shape index (κ2) is 7.25. The molecule has 2 rings (SSSR count). The van der Waals surface area contributed by atoms with E-state index in [1.165, 1.54) is 12.1 Å². The molecule has 0 atom stereocenters. The van der Waals surface area contributed by atoms with Gasteiger partial charge in [0, 0.05) is 5.69 Å². The fourth-order valence-corrected chi connectivity index (χ4v) is 1.89. The van der Waals surface area contributed by atoms with Crippen molar-refractivity contribution < 1.29 is 14.3 Å². The summed E-state index contributed by atoms with van der Waals surface area (Å²) in [5.74, 6) is -1.07. The second-order valence-electron chi connectivity index (χ2n) is 4.30. The first-order chi connectivity index (χ1) is 10.6. The Kier molecular flexibility index (Phi) is 5.12. The summed E-state index contributed by atoms with van der Waals surface area (Å²) in [5.41, 5.74) is 1.11. The molecule has 0 heterocycles. The molecule has 0 aromatic heterocycles. The molecule has 0 radical (unpaired) electrons. The topological polar surface area (TPSA) is 79.2 Å². The molecule has 0 bridgehead atoms. The average Bonchev–Trinajstić information content (AvgIpc) is 2.53. The number of anilines is 1. The summed E-state index contributed by atoms with van der Waals surface area (Å²) in [5, 5.41) is 11.5. The van der Waals surface area contributed by atoms with Crippen LogP contribution < -0.4 is 5.32 Å². The number of ether oxygens (including phenoxy) is 1. The average molecular weight is 315 g/mol. The summed E-state index contributed by atoms with van der Waals surface area (Å²) in [7, 11) is 0. The maximum absolute atomic E-state index is 11.7. The molecule has 1 amide bonds. The van der Waals surface area contributed by atoms with Crippen molar-refractivity contribution >= 4 is 29.2 Å². The van der Waals surface area contributed by atoms with Gasteiger partial charge in [0.1, 0.15) is 6.07 Å². The maximum Gasteiger partial charge on any atom is 0.338 e. The Morgan fingerprint density at radius 3 is 2.55 bits per heavy atom. The Bertz CT molecular complexity index is 739. The fraction of sp³-hybridized carbons (Fsp3) is 0.0625. The molecule has 6 heteroatoms. The molecular weight excluding hydrogens is 304 g/mol. The highest BCUT2D eigenvalue weighted by Gasteiger charge is 2.10. The Morgan fingerprint density at radius 2 is 1.91 bits per heavy atom. The number of carbonyl (C=O) groups excluding carboxylic acids is 2. The van der Waals surface area contributed by atoms with Crippen LogP contribution in [0.5, 0.6) is 0 Å². The molecule has 0 saturated heterocycles. The molecule has 2 aromatic carbocycles. The smallest absolute Gasteiger partial charge is 0.338 e. The van der Waals surface area contributed by atoms with Crippen LogP contribution in [0.3, 0.4) is 0 Å². The quantitative estimate of drug-likeness (QED) is 0.880. The van der Waals surface area contributed by atoms with Crippen LogP contribution in [0.25, 0.3) is 0 Å². The van der Waals surface area contributed by atoms with Crippen molar-refractivity contribution in [2.24, 2.45) is 0 Å². The van der Waals surface area contributed by atoms with E-state index in [1.54, 1.807) is 36.4 Å². The standard InChI is InChI=1S/C16H11ClN2O3/c17-14-8-13(7-6-12(14)9-18)19-15(20)10-22-16(21)11-4-2-1-3-5-11/h1-8H,10H2,(H,19,20). The maximum atomic E-state index is 11.7. The molecule has 0 aliphatic carbocycles. The Labute approximate surface area is 132 Å². The number of amides is 1. The number of nitrogens with one attached hydrogen (secondary N) is 1. The lowest BCUT2D eigenvalue weighted by atomic mass is 10.2. The monoisotopic (exact) mass is 314 g/mol. The van der Waals surface area contributed by atoms with E-state index in [1.807, 2.05) is 6.07 Å². The molecule has 0 saturated carbocycles. The highest BCUT2D eigenvalue weighted by atomic mass is 35.5. The van der Waals surface area contributed by atoms with Gasteiger partial charge in [0.25, 0.3) is 5.91 Å². The van der Waals surface area contributed by atoms with Gasteiger partial charge in [0.05, 0.1) is 16.1 Å². The minimum absolute atomic E-state index is 0.238. The van der Waals surface area contributed by atoms with Gasteiger partial charge in [-0.25, -0.2) is 4.79 Å². The lowest BCUT2D eigenvalue weighted by Crippen LogP contribution is -2.20. The minimum atomic E-state index is -0.575. The van der Waals surface area contributed by atoms with E-state index in [9.17, 15) is 9.59 Å². The molecule has 0 aliphatic heterocycles. The normalized spacial score (nSPS) is 9.64.